The van der Waals surface area contributed by atoms with E-state index in [1.165, 1.54) is 12.1 Å². The van der Waals surface area contributed by atoms with E-state index in [1.807, 2.05) is 22.7 Å². The molecule has 0 radical (unpaired) electrons. The predicted octanol–water partition coefficient (Wildman–Crippen LogP) is 3.12. The Hall–Kier alpha value is -2.24. The van der Waals surface area contributed by atoms with Gasteiger partial charge >= 0.3 is 0 Å². The van der Waals surface area contributed by atoms with Crippen molar-refractivity contribution in [1.82, 2.24) is 19.9 Å². The molecule has 3 rings (SSSR count). The number of carbonyl (C=O) groups is 1. The highest BCUT2D eigenvalue weighted by atomic mass is 19.1. The topological polar surface area (TPSA) is 51.0 Å². The fourth-order valence-corrected chi connectivity index (χ4v) is 3.22. The SMILES string of the molecule is CCCC(=O)N1CCC[C@H](Cn2cc(-c3ccc(F)cc3)nn2)C1. The zero-order valence-corrected chi connectivity index (χ0v) is 14.0. The first-order chi connectivity index (χ1) is 11.7. The highest BCUT2D eigenvalue weighted by Gasteiger charge is 2.23. The first kappa shape index (κ1) is 16.6. The number of rotatable bonds is 5. The van der Waals surface area contributed by atoms with Crippen LogP contribution in [0.1, 0.15) is 32.6 Å². The molecule has 2 heterocycles. The molecule has 128 valence electrons. The minimum absolute atomic E-state index is 0.257. The Morgan fingerprint density at radius 1 is 1.33 bits per heavy atom. The van der Waals surface area contributed by atoms with Gasteiger partial charge in [0.25, 0.3) is 0 Å². The van der Waals surface area contributed by atoms with E-state index in [9.17, 15) is 9.18 Å². The van der Waals surface area contributed by atoms with Gasteiger partial charge in [0.2, 0.25) is 5.91 Å². The Morgan fingerprint density at radius 2 is 2.12 bits per heavy atom. The summed E-state index contributed by atoms with van der Waals surface area (Å²) >= 11 is 0. The number of likely N-dealkylation sites (tertiary alicyclic amines) is 1. The lowest BCUT2D eigenvalue weighted by atomic mass is 9.97. The Morgan fingerprint density at radius 3 is 2.88 bits per heavy atom. The van der Waals surface area contributed by atoms with Crippen LogP contribution >= 0.6 is 0 Å². The van der Waals surface area contributed by atoms with Crippen molar-refractivity contribution in [2.24, 2.45) is 5.92 Å². The molecule has 1 saturated heterocycles. The third-order valence-electron chi connectivity index (χ3n) is 4.46. The number of aromatic nitrogens is 3. The molecule has 1 aliphatic heterocycles. The van der Waals surface area contributed by atoms with Crippen molar-refractivity contribution in [1.29, 1.82) is 0 Å². The zero-order valence-electron chi connectivity index (χ0n) is 14.0. The lowest BCUT2D eigenvalue weighted by Crippen LogP contribution is -2.41. The standard InChI is InChI=1S/C18H23FN4O/c1-2-4-18(24)22-10-3-5-14(11-22)12-23-13-17(20-21-23)15-6-8-16(19)9-7-15/h6-9,13-14H,2-5,10-12H2,1H3/t14-/m0/s1. The van der Waals surface area contributed by atoms with E-state index in [2.05, 4.69) is 10.3 Å². The van der Waals surface area contributed by atoms with Crippen molar-refractivity contribution in [2.45, 2.75) is 39.2 Å². The molecule has 1 atom stereocenters. The van der Waals surface area contributed by atoms with Crippen LogP contribution in [0.3, 0.4) is 0 Å². The Bertz CT molecular complexity index is 683. The summed E-state index contributed by atoms with van der Waals surface area (Å²) in [4.78, 5) is 14.1. The molecule has 1 amide bonds. The van der Waals surface area contributed by atoms with Gasteiger partial charge in [-0.3, -0.25) is 9.48 Å². The molecule has 1 aromatic carbocycles. The maximum absolute atomic E-state index is 13.0. The van der Waals surface area contributed by atoms with Crippen LogP contribution in [-0.2, 0) is 11.3 Å². The van der Waals surface area contributed by atoms with Crippen molar-refractivity contribution in [3.05, 3.63) is 36.3 Å². The van der Waals surface area contributed by atoms with Gasteiger partial charge in [0.05, 0.1) is 6.20 Å². The Balaban J connectivity index is 1.62. The molecular weight excluding hydrogens is 307 g/mol. The normalized spacial score (nSPS) is 17.9. The van der Waals surface area contributed by atoms with Crippen molar-refractivity contribution < 1.29 is 9.18 Å². The first-order valence-electron chi connectivity index (χ1n) is 8.59. The largest absolute Gasteiger partial charge is 0.342 e. The molecule has 1 fully saturated rings. The molecule has 0 N–H and O–H groups in total. The molecule has 5 nitrogen and oxygen atoms in total. The lowest BCUT2D eigenvalue weighted by molar-refractivity contribution is -0.133. The predicted molar refractivity (Wildman–Crippen MR) is 89.6 cm³/mol. The van der Waals surface area contributed by atoms with E-state index in [0.29, 0.717) is 12.3 Å². The van der Waals surface area contributed by atoms with Crippen LogP contribution in [-0.4, -0.2) is 38.9 Å². The van der Waals surface area contributed by atoms with Crippen LogP contribution in [0, 0.1) is 11.7 Å². The number of hydrogen-bond donors (Lipinski definition) is 0. The molecule has 0 unspecified atom stereocenters. The third kappa shape index (κ3) is 3.99. The summed E-state index contributed by atoms with van der Waals surface area (Å²) in [5, 5.41) is 8.36. The molecule has 0 aliphatic carbocycles. The average molecular weight is 330 g/mol. The Kier molecular flexibility index (Phi) is 5.23. The van der Waals surface area contributed by atoms with E-state index in [-0.39, 0.29) is 11.7 Å². The molecule has 1 aromatic heterocycles. The van der Waals surface area contributed by atoms with Crippen molar-refractivity contribution >= 4 is 5.91 Å². The van der Waals surface area contributed by atoms with Gasteiger partial charge in [0.1, 0.15) is 11.5 Å². The minimum Gasteiger partial charge on any atom is -0.342 e. The number of benzene rings is 1. The van der Waals surface area contributed by atoms with E-state index in [0.717, 1.165) is 50.2 Å². The number of piperidine rings is 1. The first-order valence-corrected chi connectivity index (χ1v) is 8.59. The number of amides is 1. The summed E-state index contributed by atoms with van der Waals surface area (Å²) in [5.74, 6) is 0.403. The molecule has 0 spiro atoms. The average Bonchev–Trinajstić information content (AvgIpc) is 3.04. The summed E-state index contributed by atoms with van der Waals surface area (Å²) in [6, 6.07) is 6.25. The maximum Gasteiger partial charge on any atom is 0.222 e. The monoisotopic (exact) mass is 330 g/mol. The summed E-state index contributed by atoms with van der Waals surface area (Å²) < 4.78 is 14.8. The molecule has 24 heavy (non-hydrogen) atoms. The van der Waals surface area contributed by atoms with Gasteiger partial charge in [0, 0.05) is 31.6 Å². The molecule has 2 aromatic rings. The highest BCUT2D eigenvalue weighted by molar-refractivity contribution is 5.76. The second-order valence-electron chi connectivity index (χ2n) is 6.43. The zero-order chi connectivity index (χ0) is 16.9. The summed E-state index contributed by atoms with van der Waals surface area (Å²) in [7, 11) is 0. The fraction of sp³-hybridized carbons (Fsp3) is 0.500. The summed E-state index contributed by atoms with van der Waals surface area (Å²) in [6.45, 7) is 4.45. The van der Waals surface area contributed by atoms with Gasteiger partial charge in [-0.25, -0.2) is 4.39 Å². The summed E-state index contributed by atoms with van der Waals surface area (Å²) in [6.07, 6.45) is 5.55. The maximum atomic E-state index is 13.0. The van der Waals surface area contributed by atoms with Gasteiger partial charge < -0.3 is 4.90 Å². The highest BCUT2D eigenvalue weighted by Crippen LogP contribution is 2.21. The van der Waals surface area contributed by atoms with E-state index in [1.54, 1.807) is 12.1 Å². The van der Waals surface area contributed by atoms with E-state index < -0.39 is 0 Å². The Labute approximate surface area is 141 Å². The second-order valence-corrected chi connectivity index (χ2v) is 6.43. The number of nitrogens with zero attached hydrogens (tertiary/aromatic N) is 4. The van der Waals surface area contributed by atoms with Crippen LogP contribution in [0.4, 0.5) is 4.39 Å². The third-order valence-corrected chi connectivity index (χ3v) is 4.46. The minimum atomic E-state index is -0.259. The number of hydrogen-bond acceptors (Lipinski definition) is 3. The lowest BCUT2D eigenvalue weighted by Gasteiger charge is -2.32. The van der Waals surface area contributed by atoms with Crippen molar-refractivity contribution in [3.63, 3.8) is 0 Å². The van der Waals surface area contributed by atoms with Gasteiger partial charge in [-0.2, -0.15) is 0 Å². The van der Waals surface area contributed by atoms with Crippen LogP contribution in [0.15, 0.2) is 30.5 Å². The van der Waals surface area contributed by atoms with Gasteiger partial charge in [-0.15, -0.1) is 5.10 Å². The van der Waals surface area contributed by atoms with Crippen molar-refractivity contribution in [3.8, 4) is 11.3 Å². The number of halogens is 1. The number of carbonyl (C=O) groups excluding carboxylic acids is 1. The van der Waals surface area contributed by atoms with Crippen LogP contribution in [0.25, 0.3) is 11.3 Å². The molecule has 6 heteroatoms. The second kappa shape index (κ2) is 7.55. The van der Waals surface area contributed by atoms with Gasteiger partial charge in [-0.1, -0.05) is 12.1 Å². The van der Waals surface area contributed by atoms with Gasteiger partial charge in [0.15, 0.2) is 0 Å². The smallest absolute Gasteiger partial charge is 0.222 e. The molecule has 0 bridgehead atoms. The van der Waals surface area contributed by atoms with E-state index in [4.69, 9.17) is 0 Å². The van der Waals surface area contributed by atoms with Gasteiger partial charge in [-0.05, 0) is 49.4 Å². The molecular formula is C18H23FN4O. The van der Waals surface area contributed by atoms with Crippen LogP contribution in [0.5, 0.6) is 0 Å². The van der Waals surface area contributed by atoms with Crippen LogP contribution in [0.2, 0.25) is 0 Å². The van der Waals surface area contributed by atoms with Crippen molar-refractivity contribution in [2.75, 3.05) is 13.1 Å². The van der Waals surface area contributed by atoms with Crippen LogP contribution < -0.4 is 0 Å². The molecule has 1 aliphatic rings. The molecule has 0 saturated carbocycles. The fourth-order valence-electron chi connectivity index (χ4n) is 3.22. The quantitative estimate of drug-likeness (QED) is 0.846. The van der Waals surface area contributed by atoms with E-state index >= 15 is 0 Å². The summed E-state index contributed by atoms with van der Waals surface area (Å²) in [5.41, 5.74) is 1.59.